The first kappa shape index (κ1) is 21.2. The maximum Gasteiger partial charge on any atom is 0.233 e. The third-order valence-corrected chi connectivity index (χ3v) is 7.46. The molecular formula is C22H24N4OS3. The first-order chi connectivity index (χ1) is 14.6. The van der Waals surface area contributed by atoms with Crippen molar-refractivity contribution in [1.82, 2.24) is 20.0 Å². The topological polar surface area (TPSA) is 50.2 Å². The Hall–Kier alpha value is -2.00. The average Bonchev–Trinajstić information content (AvgIpc) is 3.35. The maximum absolute atomic E-state index is 12.7. The lowest BCUT2D eigenvalue weighted by atomic mass is 10.2. The zero-order valence-corrected chi connectivity index (χ0v) is 19.2. The zero-order valence-electron chi connectivity index (χ0n) is 16.7. The number of hydrogen-bond donors (Lipinski definition) is 1. The fourth-order valence-electron chi connectivity index (χ4n) is 3.50. The summed E-state index contributed by atoms with van der Waals surface area (Å²) in [7, 11) is 0. The van der Waals surface area contributed by atoms with Crippen molar-refractivity contribution in [3.63, 3.8) is 0 Å². The summed E-state index contributed by atoms with van der Waals surface area (Å²) in [6, 6.07) is 20.5. The van der Waals surface area contributed by atoms with Gasteiger partial charge >= 0.3 is 0 Å². The lowest BCUT2D eigenvalue weighted by Gasteiger charge is -2.18. The molecule has 0 bridgehead atoms. The number of nitrogens with one attached hydrogen (secondary N) is 1. The first-order valence-corrected chi connectivity index (χ1v) is 12.1. The second-order valence-corrected chi connectivity index (χ2v) is 10.6. The normalized spacial score (nSPS) is 17.7. The predicted octanol–water partition coefficient (Wildman–Crippen LogP) is 4.53. The molecule has 3 aromatic rings. The summed E-state index contributed by atoms with van der Waals surface area (Å²) in [5.74, 6) is 0.0546. The van der Waals surface area contributed by atoms with Crippen molar-refractivity contribution in [3.8, 4) is 5.69 Å². The van der Waals surface area contributed by atoms with Crippen molar-refractivity contribution in [3.05, 3.63) is 70.2 Å². The highest BCUT2D eigenvalue weighted by Gasteiger charge is 2.26. The zero-order chi connectivity index (χ0) is 20.9. The van der Waals surface area contributed by atoms with Gasteiger partial charge in [0.25, 0.3) is 0 Å². The maximum atomic E-state index is 12.7. The second-order valence-electron chi connectivity index (χ2n) is 7.36. The van der Waals surface area contributed by atoms with Crippen LogP contribution < -0.4 is 5.32 Å². The van der Waals surface area contributed by atoms with E-state index >= 15 is 0 Å². The molecule has 0 radical (unpaired) electrons. The average molecular weight is 457 g/mol. The van der Waals surface area contributed by atoms with Gasteiger partial charge in [-0.3, -0.25) is 9.69 Å². The standard InChI is InChI=1S/C22H24N4OS3/c1-16(29-21-24-26(22(28)30-21)19-10-6-3-7-11-19)20(27)23-18-12-13-25(15-18)14-17-8-4-2-5-9-17/h2-11,16,18H,12-15H2,1H3,(H,23,27). The molecule has 2 unspecified atom stereocenters. The van der Waals surface area contributed by atoms with Crippen LogP contribution in [0.15, 0.2) is 65.0 Å². The predicted molar refractivity (Wildman–Crippen MR) is 126 cm³/mol. The summed E-state index contributed by atoms with van der Waals surface area (Å²) in [6.45, 7) is 4.75. The molecule has 1 N–H and O–H groups in total. The summed E-state index contributed by atoms with van der Waals surface area (Å²) >= 11 is 8.36. The van der Waals surface area contributed by atoms with E-state index in [4.69, 9.17) is 12.2 Å². The number of thioether (sulfide) groups is 1. The number of para-hydroxylation sites is 1. The van der Waals surface area contributed by atoms with Gasteiger partial charge in [-0.05, 0) is 43.3 Å². The number of nitrogens with zero attached hydrogens (tertiary/aromatic N) is 3. The van der Waals surface area contributed by atoms with Gasteiger partial charge in [0.2, 0.25) is 5.91 Å². The molecule has 8 heteroatoms. The van der Waals surface area contributed by atoms with Crippen LogP contribution >= 0.6 is 35.3 Å². The molecule has 30 heavy (non-hydrogen) atoms. The van der Waals surface area contributed by atoms with Crippen molar-refractivity contribution in [2.45, 2.75) is 35.5 Å². The molecule has 2 heterocycles. The molecule has 1 fully saturated rings. The monoisotopic (exact) mass is 456 g/mol. The summed E-state index contributed by atoms with van der Waals surface area (Å²) in [5.41, 5.74) is 2.25. The van der Waals surface area contributed by atoms with Gasteiger partial charge in [-0.1, -0.05) is 71.6 Å². The number of carbonyl (C=O) groups excluding carboxylic acids is 1. The molecule has 1 saturated heterocycles. The Kier molecular flexibility index (Phi) is 6.99. The Balaban J connectivity index is 1.30. The SMILES string of the molecule is CC(Sc1nn(-c2ccccc2)c(=S)s1)C(=O)NC1CCN(Cc2ccccc2)C1. The van der Waals surface area contributed by atoms with Crippen LogP contribution in [-0.2, 0) is 11.3 Å². The van der Waals surface area contributed by atoms with Gasteiger partial charge in [-0.2, -0.15) is 0 Å². The fraction of sp³-hybridized carbons (Fsp3) is 0.318. The number of carbonyl (C=O) groups is 1. The Morgan fingerprint density at radius 1 is 1.23 bits per heavy atom. The third-order valence-electron chi connectivity index (χ3n) is 5.04. The minimum Gasteiger partial charge on any atom is -0.351 e. The molecule has 1 amide bonds. The van der Waals surface area contributed by atoms with Crippen LogP contribution in [0.3, 0.4) is 0 Å². The lowest BCUT2D eigenvalue weighted by molar-refractivity contribution is -0.120. The highest BCUT2D eigenvalue weighted by atomic mass is 32.2. The molecule has 5 nitrogen and oxygen atoms in total. The Labute approximate surface area is 190 Å². The summed E-state index contributed by atoms with van der Waals surface area (Å²) in [4.78, 5) is 15.1. The quantitative estimate of drug-likeness (QED) is 0.418. The van der Waals surface area contributed by atoms with E-state index in [-0.39, 0.29) is 17.2 Å². The molecule has 1 aliphatic heterocycles. The molecule has 2 aromatic carbocycles. The van der Waals surface area contributed by atoms with Crippen molar-refractivity contribution in [2.75, 3.05) is 13.1 Å². The lowest BCUT2D eigenvalue weighted by Crippen LogP contribution is -2.40. The number of hydrogen-bond acceptors (Lipinski definition) is 6. The van der Waals surface area contributed by atoms with Crippen LogP contribution in [0.25, 0.3) is 5.69 Å². The van der Waals surface area contributed by atoms with Crippen molar-refractivity contribution < 1.29 is 4.79 Å². The molecule has 0 aliphatic carbocycles. The molecular weight excluding hydrogens is 432 g/mol. The second kappa shape index (κ2) is 9.87. The highest BCUT2D eigenvalue weighted by molar-refractivity contribution is 8.02. The summed E-state index contributed by atoms with van der Waals surface area (Å²) < 4.78 is 3.25. The van der Waals surface area contributed by atoms with E-state index in [1.807, 2.05) is 43.3 Å². The number of rotatable bonds is 7. The Morgan fingerprint density at radius 3 is 2.67 bits per heavy atom. The molecule has 2 atom stereocenters. The van der Waals surface area contributed by atoms with Crippen molar-refractivity contribution >= 4 is 41.2 Å². The highest BCUT2D eigenvalue weighted by Crippen LogP contribution is 2.28. The van der Waals surface area contributed by atoms with E-state index in [1.54, 1.807) is 4.68 Å². The van der Waals surface area contributed by atoms with E-state index < -0.39 is 0 Å². The van der Waals surface area contributed by atoms with Crippen molar-refractivity contribution in [1.29, 1.82) is 0 Å². The van der Waals surface area contributed by atoms with Gasteiger partial charge in [-0.25, -0.2) is 4.68 Å². The van der Waals surface area contributed by atoms with Gasteiger partial charge in [0.1, 0.15) is 0 Å². The van der Waals surface area contributed by atoms with Crippen LogP contribution in [0, 0.1) is 3.95 Å². The molecule has 156 valence electrons. The van der Waals surface area contributed by atoms with E-state index in [9.17, 15) is 4.79 Å². The fourth-order valence-corrected chi connectivity index (χ4v) is 6.01. The Morgan fingerprint density at radius 2 is 1.93 bits per heavy atom. The van der Waals surface area contributed by atoms with E-state index in [1.165, 1.54) is 28.7 Å². The minimum absolute atomic E-state index is 0.0546. The molecule has 1 aliphatic rings. The van der Waals surface area contributed by atoms with E-state index in [2.05, 4.69) is 39.6 Å². The van der Waals surface area contributed by atoms with Crippen LogP contribution in [0.5, 0.6) is 0 Å². The van der Waals surface area contributed by atoms with Gasteiger partial charge in [0.05, 0.1) is 10.9 Å². The smallest absolute Gasteiger partial charge is 0.233 e. The molecule has 0 spiro atoms. The molecule has 4 rings (SSSR count). The molecule has 1 aromatic heterocycles. The third kappa shape index (κ3) is 5.37. The van der Waals surface area contributed by atoms with Crippen LogP contribution in [0.4, 0.5) is 0 Å². The summed E-state index contributed by atoms with van der Waals surface area (Å²) in [6.07, 6.45) is 0.984. The van der Waals surface area contributed by atoms with Crippen LogP contribution in [0.1, 0.15) is 18.9 Å². The first-order valence-electron chi connectivity index (χ1n) is 9.97. The largest absolute Gasteiger partial charge is 0.351 e. The number of aromatic nitrogens is 2. The molecule has 0 saturated carbocycles. The Bertz CT molecular complexity index is 1040. The van der Waals surface area contributed by atoms with Gasteiger partial charge in [0, 0.05) is 25.7 Å². The van der Waals surface area contributed by atoms with Gasteiger partial charge in [-0.15, -0.1) is 5.10 Å². The van der Waals surface area contributed by atoms with Gasteiger partial charge in [0.15, 0.2) is 8.29 Å². The van der Waals surface area contributed by atoms with E-state index in [0.29, 0.717) is 3.95 Å². The number of benzene rings is 2. The number of amides is 1. The minimum atomic E-state index is -0.224. The number of likely N-dealkylation sites (tertiary alicyclic amines) is 1. The summed E-state index contributed by atoms with van der Waals surface area (Å²) in [5, 5.41) is 7.59. The van der Waals surface area contributed by atoms with Crippen LogP contribution in [-0.4, -0.2) is 45.0 Å². The van der Waals surface area contributed by atoms with E-state index in [0.717, 1.165) is 36.1 Å². The van der Waals surface area contributed by atoms with Gasteiger partial charge < -0.3 is 5.32 Å². The van der Waals surface area contributed by atoms with Crippen LogP contribution in [0.2, 0.25) is 0 Å². The van der Waals surface area contributed by atoms with Crippen molar-refractivity contribution in [2.24, 2.45) is 0 Å².